The molecule has 2 aliphatic heterocycles. The van der Waals surface area contributed by atoms with Crippen LogP contribution in [0.3, 0.4) is 0 Å². The van der Waals surface area contributed by atoms with Crippen LogP contribution in [0.4, 0.5) is 0 Å². The lowest BCUT2D eigenvalue weighted by molar-refractivity contribution is 0.0230. The number of benzene rings is 1. The number of hydrogen-bond acceptors (Lipinski definition) is 4. The molecule has 1 saturated heterocycles. The number of nitrogens with one attached hydrogen (secondary N) is 1. The molecule has 19 heavy (non-hydrogen) atoms. The van der Waals surface area contributed by atoms with E-state index in [9.17, 15) is 0 Å². The third-order valence-electron chi connectivity index (χ3n) is 3.96. The summed E-state index contributed by atoms with van der Waals surface area (Å²) in [5, 5.41) is 10.0. The van der Waals surface area contributed by atoms with E-state index in [-0.39, 0.29) is 6.17 Å². The van der Waals surface area contributed by atoms with E-state index in [0.717, 1.165) is 6.67 Å². The molecule has 3 rings (SSSR count). The van der Waals surface area contributed by atoms with Crippen molar-refractivity contribution >= 4 is 6.21 Å². The van der Waals surface area contributed by atoms with Crippen LogP contribution >= 0.6 is 0 Å². The molecule has 2 aliphatic rings. The molecule has 0 amide bonds. The Kier molecular flexibility index (Phi) is 3.80. The van der Waals surface area contributed by atoms with Crippen LogP contribution in [0.15, 0.2) is 29.4 Å². The van der Waals surface area contributed by atoms with Crippen LogP contribution in [0.2, 0.25) is 0 Å². The number of fused-ring (bicyclic) bond motifs is 1. The summed E-state index contributed by atoms with van der Waals surface area (Å²) in [7, 11) is 1.98. The molecule has 0 aliphatic carbocycles. The Balaban J connectivity index is 1.92. The number of hydrazone groups is 1. The van der Waals surface area contributed by atoms with Crippen molar-refractivity contribution in [2.45, 2.75) is 25.4 Å². The van der Waals surface area contributed by atoms with Crippen LogP contribution in [0.5, 0.6) is 0 Å². The third-order valence-corrected chi connectivity index (χ3v) is 3.96. The average Bonchev–Trinajstić information content (AvgIpc) is 2.48. The second-order valence-electron chi connectivity index (χ2n) is 5.29. The van der Waals surface area contributed by atoms with Gasteiger partial charge in [0.1, 0.15) is 6.17 Å². The van der Waals surface area contributed by atoms with E-state index in [1.165, 1.54) is 43.5 Å². The second-order valence-corrected chi connectivity index (χ2v) is 5.29. The van der Waals surface area contributed by atoms with Gasteiger partial charge in [0, 0.05) is 18.7 Å². The summed E-state index contributed by atoms with van der Waals surface area (Å²) in [6, 6.07) is 8.62. The van der Waals surface area contributed by atoms with Gasteiger partial charge in [-0.05, 0) is 25.5 Å². The number of rotatable bonds is 3. The summed E-state index contributed by atoms with van der Waals surface area (Å²) < 4.78 is 0. The summed E-state index contributed by atoms with van der Waals surface area (Å²) >= 11 is 0. The molecule has 4 nitrogen and oxygen atoms in total. The number of likely N-dealkylation sites (tertiary alicyclic amines) is 1. The molecule has 0 bridgehead atoms. The third kappa shape index (κ3) is 2.51. The maximum atomic E-state index is 4.62. The zero-order valence-corrected chi connectivity index (χ0v) is 11.5. The Bertz CT molecular complexity index is 451. The SMILES string of the molecule is CNCN1N=Cc2ccccc2C1N1CCCCC1. The van der Waals surface area contributed by atoms with Gasteiger partial charge in [0.05, 0.1) is 12.9 Å². The lowest BCUT2D eigenvalue weighted by Crippen LogP contribution is -2.46. The molecule has 1 N–H and O–H groups in total. The molecule has 0 spiro atoms. The fraction of sp³-hybridized carbons (Fsp3) is 0.533. The maximum absolute atomic E-state index is 4.62. The topological polar surface area (TPSA) is 30.9 Å². The van der Waals surface area contributed by atoms with Gasteiger partial charge in [-0.25, -0.2) is 0 Å². The van der Waals surface area contributed by atoms with E-state index in [0.29, 0.717) is 0 Å². The summed E-state index contributed by atoms with van der Waals surface area (Å²) in [5.74, 6) is 0. The lowest BCUT2D eigenvalue weighted by atomic mass is 10.0. The Morgan fingerprint density at radius 1 is 1.21 bits per heavy atom. The van der Waals surface area contributed by atoms with Crippen LogP contribution in [0, 0.1) is 0 Å². The monoisotopic (exact) mass is 258 g/mol. The van der Waals surface area contributed by atoms with Crippen LogP contribution in [0.25, 0.3) is 0 Å². The minimum atomic E-state index is 0.286. The molecule has 1 fully saturated rings. The van der Waals surface area contributed by atoms with E-state index in [1.807, 2.05) is 13.3 Å². The van der Waals surface area contributed by atoms with E-state index >= 15 is 0 Å². The van der Waals surface area contributed by atoms with Gasteiger partial charge >= 0.3 is 0 Å². The predicted molar refractivity (Wildman–Crippen MR) is 78.0 cm³/mol. The van der Waals surface area contributed by atoms with Crippen molar-refractivity contribution in [2.24, 2.45) is 5.10 Å². The molecule has 1 unspecified atom stereocenters. The number of nitrogens with zero attached hydrogens (tertiary/aromatic N) is 3. The molecule has 1 aromatic rings. The Morgan fingerprint density at radius 3 is 2.79 bits per heavy atom. The molecule has 1 atom stereocenters. The summed E-state index contributed by atoms with van der Waals surface area (Å²) in [6.07, 6.45) is 6.23. The van der Waals surface area contributed by atoms with Gasteiger partial charge in [0.25, 0.3) is 0 Å². The van der Waals surface area contributed by atoms with Crippen molar-refractivity contribution in [3.05, 3.63) is 35.4 Å². The minimum absolute atomic E-state index is 0.286. The lowest BCUT2D eigenvalue weighted by Gasteiger charge is -2.42. The minimum Gasteiger partial charge on any atom is -0.302 e. The van der Waals surface area contributed by atoms with Gasteiger partial charge in [-0.1, -0.05) is 30.7 Å². The summed E-state index contributed by atoms with van der Waals surface area (Å²) in [6.45, 7) is 3.13. The van der Waals surface area contributed by atoms with E-state index in [4.69, 9.17) is 0 Å². The van der Waals surface area contributed by atoms with Crippen LogP contribution in [0.1, 0.15) is 36.6 Å². The molecule has 0 saturated carbocycles. The van der Waals surface area contributed by atoms with Crippen molar-refractivity contribution in [2.75, 3.05) is 26.8 Å². The Morgan fingerprint density at radius 2 is 2.00 bits per heavy atom. The first-order chi connectivity index (χ1) is 9.40. The molecule has 2 heterocycles. The van der Waals surface area contributed by atoms with Crippen LogP contribution in [-0.2, 0) is 0 Å². The zero-order chi connectivity index (χ0) is 13.1. The van der Waals surface area contributed by atoms with Crippen molar-refractivity contribution < 1.29 is 0 Å². The van der Waals surface area contributed by atoms with Crippen LogP contribution in [-0.4, -0.2) is 42.9 Å². The molecule has 1 aromatic carbocycles. The molecule has 4 heteroatoms. The smallest absolute Gasteiger partial charge is 0.127 e. The zero-order valence-electron chi connectivity index (χ0n) is 11.5. The Hall–Kier alpha value is -1.39. The normalized spacial score (nSPS) is 23.4. The standard InChI is InChI=1S/C15H22N4/c1-16-12-19-15(18-9-5-2-6-10-18)14-8-4-3-7-13(14)11-17-19/h3-4,7-8,11,15-16H,2,5-6,9-10,12H2,1H3. The maximum Gasteiger partial charge on any atom is 0.127 e. The van der Waals surface area contributed by atoms with Crippen LogP contribution < -0.4 is 5.32 Å². The van der Waals surface area contributed by atoms with E-state index < -0.39 is 0 Å². The van der Waals surface area contributed by atoms with Gasteiger partial charge in [0.2, 0.25) is 0 Å². The molecular formula is C15H22N4. The first-order valence-electron chi connectivity index (χ1n) is 7.18. The van der Waals surface area contributed by atoms with Crippen molar-refractivity contribution in [1.82, 2.24) is 15.2 Å². The first kappa shape index (κ1) is 12.6. The Labute approximate surface area is 115 Å². The van der Waals surface area contributed by atoms with Crippen molar-refractivity contribution in [1.29, 1.82) is 0 Å². The van der Waals surface area contributed by atoms with Gasteiger partial charge in [-0.2, -0.15) is 5.10 Å². The molecular weight excluding hydrogens is 236 g/mol. The van der Waals surface area contributed by atoms with Crippen molar-refractivity contribution in [3.8, 4) is 0 Å². The summed E-state index contributed by atoms with van der Waals surface area (Å²) in [4.78, 5) is 2.57. The summed E-state index contributed by atoms with van der Waals surface area (Å²) in [5.41, 5.74) is 2.64. The average molecular weight is 258 g/mol. The van der Waals surface area contributed by atoms with E-state index in [1.54, 1.807) is 0 Å². The predicted octanol–water partition coefficient (Wildman–Crippen LogP) is 2.00. The molecule has 102 valence electrons. The largest absolute Gasteiger partial charge is 0.302 e. The molecule has 0 radical (unpaired) electrons. The van der Waals surface area contributed by atoms with Crippen molar-refractivity contribution in [3.63, 3.8) is 0 Å². The number of piperidine rings is 1. The highest BCUT2D eigenvalue weighted by atomic mass is 15.6. The fourth-order valence-electron chi connectivity index (χ4n) is 3.06. The van der Waals surface area contributed by atoms with Gasteiger partial charge < -0.3 is 5.32 Å². The first-order valence-corrected chi connectivity index (χ1v) is 7.18. The van der Waals surface area contributed by atoms with Gasteiger partial charge in [0.15, 0.2) is 0 Å². The second kappa shape index (κ2) is 5.72. The quantitative estimate of drug-likeness (QED) is 0.899. The van der Waals surface area contributed by atoms with Gasteiger partial charge in [-0.3, -0.25) is 9.91 Å². The highest BCUT2D eigenvalue weighted by Gasteiger charge is 2.30. The highest BCUT2D eigenvalue weighted by Crippen LogP contribution is 2.32. The molecule has 0 aromatic heterocycles. The fourth-order valence-corrected chi connectivity index (χ4v) is 3.06. The van der Waals surface area contributed by atoms with E-state index in [2.05, 4.69) is 44.6 Å². The highest BCUT2D eigenvalue weighted by molar-refractivity contribution is 5.82. The van der Waals surface area contributed by atoms with Gasteiger partial charge in [-0.15, -0.1) is 0 Å². The number of hydrogen-bond donors (Lipinski definition) is 1.